The number of allylic oxidation sites excluding steroid dienone is 8. The summed E-state index contributed by atoms with van der Waals surface area (Å²) in [6, 6.07) is -0.584. The van der Waals surface area contributed by atoms with Gasteiger partial charge in [0.05, 0.1) is 25.4 Å². The van der Waals surface area contributed by atoms with E-state index in [1.54, 1.807) is 0 Å². The zero-order valence-electron chi connectivity index (χ0n) is 34.7. The molecular formula is C47H85NO5. The third-order valence-corrected chi connectivity index (χ3v) is 9.86. The van der Waals surface area contributed by atoms with Crippen molar-refractivity contribution in [3.8, 4) is 0 Å². The molecule has 0 aromatic heterocycles. The van der Waals surface area contributed by atoms with Crippen LogP contribution in [0, 0.1) is 0 Å². The lowest BCUT2D eigenvalue weighted by atomic mass is 10.0. The minimum Gasteiger partial charge on any atom is -0.466 e. The van der Waals surface area contributed by atoms with Gasteiger partial charge in [-0.05, 0) is 70.6 Å². The number of rotatable bonds is 40. The number of ether oxygens (including phenoxy) is 1. The molecule has 0 bridgehead atoms. The summed E-state index contributed by atoms with van der Waals surface area (Å²) in [6.07, 6.45) is 50.8. The van der Waals surface area contributed by atoms with Gasteiger partial charge >= 0.3 is 5.97 Å². The Balaban J connectivity index is 3.57. The molecule has 0 heterocycles. The predicted molar refractivity (Wildman–Crippen MR) is 227 cm³/mol. The Bertz CT molecular complexity index is 911. The Morgan fingerprint density at radius 3 is 1.53 bits per heavy atom. The van der Waals surface area contributed by atoms with Crippen molar-refractivity contribution in [2.45, 2.75) is 225 Å². The first-order valence-electron chi connectivity index (χ1n) is 22.4. The van der Waals surface area contributed by atoms with E-state index in [2.05, 4.69) is 61.7 Å². The van der Waals surface area contributed by atoms with Crippen molar-refractivity contribution in [1.82, 2.24) is 5.32 Å². The second kappa shape index (κ2) is 42.6. The molecule has 0 fully saturated rings. The molecule has 3 N–H and O–H groups in total. The van der Waals surface area contributed by atoms with Gasteiger partial charge in [0.15, 0.2) is 0 Å². The highest BCUT2D eigenvalue weighted by Gasteiger charge is 2.19. The van der Waals surface area contributed by atoms with E-state index in [0.717, 1.165) is 64.2 Å². The Labute approximate surface area is 327 Å². The number of hydrogen-bond donors (Lipinski definition) is 3. The number of nitrogens with one attached hydrogen (secondary N) is 1. The molecule has 2 atom stereocenters. The van der Waals surface area contributed by atoms with Crippen LogP contribution >= 0.6 is 0 Å². The number of carbonyl (C=O) groups is 2. The Kier molecular flexibility index (Phi) is 40.8. The SMILES string of the molecule is CCCC/C=C\C/C=C\CCCCCCCC(=O)OCCCCCCCC/C=C\C/C=C\CCC(=O)NC(CO)C(O)CCCCCCCCCCC. The monoisotopic (exact) mass is 744 g/mol. The number of carbonyl (C=O) groups excluding carboxylic acids is 2. The summed E-state index contributed by atoms with van der Waals surface area (Å²) in [4.78, 5) is 24.3. The van der Waals surface area contributed by atoms with Gasteiger partial charge < -0.3 is 20.3 Å². The van der Waals surface area contributed by atoms with Crippen molar-refractivity contribution >= 4 is 11.9 Å². The summed E-state index contributed by atoms with van der Waals surface area (Å²) in [5.74, 6) is -0.155. The normalized spacial score (nSPS) is 13.2. The van der Waals surface area contributed by atoms with Crippen molar-refractivity contribution in [3.63, 3.8) is 0 Å². The van der Waals surface area contributed by atoms with Gasteiger partial charge in [-0.3, -0.25) is 9.59 Å². The molecule has 0 saturated heterocycles. The summed E-state index contributed by atoms with van der Waals surface area (Å²) >= 11 is 0. The van der Waals surface area contributed by atoms with Crippen LogP contribution in [-0.4, -0.2) is 47.4 Å². The van der Waals surface area contributed by atoms with Crippen LogP contribution in [0.15, 0.2) is 48.6 Å². The maximum absolute atomic E-state index is 12.3. The van der Waals surface area contributed by atoms with Gasteiger partial charge in [-0.2, -0.15) is 0 Å². The Morgan fingerprint density at radius 2 is 0.981 bits per heavy atom. The molecule has 0 radical (unpaired) electrons. The minimum atomic E-state index is -0.697. The third kappa shape index (κ3) is 39.3. The van der Waals surface area contributed by atoms with Gasteiger partial charge in [0.1, 0.15) is 0 Å². The molecular weight excluding hydrogens is 659 g/mol. The highest BCUT2D eigenvalue weighted by atomic mass is 16.5. The van der Waals surface area contributed by atoms with E-state index >= 15 is 0 Å². The van der Waals surface area contributed by atoms with Crippen LogP contribution in [0.1, 0.15) is 213 Å². The molecule has 6 nitrogen and oxygen atoms in total. The number of unbranched alkanes of at least 4 members (excludes halogenated alkanes) is 21. The molecule has 1 amide bonds. The average molecular weight is 744 g/mol. The van der Waals surface area contributed by atoms with Gasteiger partial charge in [-0.15, -0.1) is 0 Å². The fraction of sp³-hybridized carbons (Fsp3) is 0.787. The maximum atomic E-state index is 12.3. The van der Waals surface area contributed by atoms with Gasteiger partial charge in [-0.25, -0.2) is 0 Å². The van der Waals surface area contributed by atoms with Crippen LogP contribution in [0.4, 0.5) is 0 Å². The third-order valence-electron chi connectivity index (χ3n) is 9.86. The molecule has 0 aliphatic rings. The average Bonchev–Trinajstić information content (AvgIpc) is 3.16. The lowest BCUT2D eigenvalue weighted by Gasteiger charge is -2.22. The Hall–Kier alpha value is -2.18. The Morgan fingerprint density at radius 1 is 0.528 bits per heavy atom. The van der Waals surface area contributed by atoms with Gasteiger partial charge in [0, 0.05) is 12.8 Å². The zero-order valence-corrected chi connectivity index (χ0v) is 34.7. The van der Waals surface area contributed by atoms with Gasteiger partial charge in [-0.1, -0.05) is 178 Å². The highest BCUT2D eigenvalue weighted by molar-refractivity contribution is 5.76. The topological polar surface area (TPSA) is 95.9 Å². The molecule has 308 valence electrons. The van der Waals surface area contributed by atoms with E-state index in [-0.39, 0.29) is 18.5 Å². The molecule has 0 aliphatic carbocycles. The van der Waals surface area contributed by atoms with E-state index in [0.29, 0.717) is 32.3 Å². The second-order valence-electron chi connectivity index (χ2n) is 15.0. The van der Waals surface area contributed by atoms with Crippen LogP contribution < -0.4 is 5.32 Å². The largest absolute Gasteiger partial charge is 0.466 e. The number of hydrogen-bond acceptors (Lipinski definition) is 5. The first-order chi connectivity index (χ1) is 26.0. The fourth-order valence-corrected chi connectivity index (χ4v) is 6.35. The van der Waals surface area contributed by atoms with Crippen molar-refractivity contribution in [1.29, 1.82) is 0 Å². The van der Waals surface area contributed by atoms with Crippen molar-refractivity contribution < 1.29 is 24.5 Å². The van der Waals surface area contributed by atoms with E-state index in [1.807, 2.05) is 6.08 Å². The second-order valence-corrected chi connectivity index (χ2v) is 15.0. The number of aliphatic hydroxyl groups is 2. The lowest BCUT2D eigenvalue weighted by molar-refractivity contribution is -0.143. The molecule has 0 aliphatic heterocycles. The molecule has 53 heavy (non-hydrogen) atoms. The van der Waals surface area contributed by atoms with Crippen LogP contribution in [0.2, 0.25) is 0 Å². The summed E-state index contributed by atoms with van der Waals surface area (Å²) in [5.41, 5.74) is 0. The first-order valence-corrected chi connectivity index (χ1v) is 22.4. The van der Waals surface area contributed by atoms with E-state index in [4.69, 9.17) is 4.74 Å². The summed E-state index contributed by atoms with van der Waals surface area (Å²) in [6.45, 7) is 4.79. The summed E-state index contributed by atoms with van der Waals surface area (Å²) in [5, 5.41) is 22.9. The summed E-state index contributed by atoms with van der Waals surface area (Å²) < 4.78 is 5.43. The van der Waals surface area contributed by atoms with E-state index in [9.17, 15) is 19.8 Å². The standard InChI is InChI=1S/C47H85NO5/c1-3-5-7-9-11-13-14-15-18-21-25-29-33-37-41-47(52)53-42-38-34-30-26-22-19-16-17-20-24-28-32-36-40-46(51)48-44(43-49)45(50)39-35-31-27-23-12-10-8-6-4-2/h9,11,14-15,17,20,28,32,44-45,49-50H,3-8,10,12-13,16,18-19,21-27,29-31,33-43H2,1-2H3,(H,48,51)/b11-9-,15-14-,20-17-,32-28-. The molecule has 0 aromatic rings. The van der Waals surface area contributed by atoms with Crippen molar-refractivity contribution in [2.75, 3.05) is 13.2 Å². The van der Waals surface area contributed by atoms with Crippen molar-refractivity contribution in [3.05, 3.63) is 48.6 Å². The number of amides is 1. The van der Waals surface area contributed by atoms with E-state index in [1.165, 1.54) is 109 Å². The minimum absolute atomic E-state index is 0.0333. The van der Waals surface area contributed by atoms with Crippen LogP contribution in [0.3, 0.4) is 0 Å². The zero-order chi connectivity index (χ0) is 38.7. The molecule has 0 saturated carbocycles. The molecule has 0 aromatic carbocycles. The predicted octanol–water partition coefficient (Wildman–Crippen LogP) is 12.7. The quantitative estimate of drug-likeness (QED) is 0.0330. The molecule has 0 rings (SSSR count). The van der Waals surface area contributed by atoms with Gasteiger partial charge in [0.2, 0.25) is 5.91 Å². The maximum Gasteiger partial charge on any atom is 0.305 e. The molecule has 2 unspecified atom stereocenters. The summed E-state index contributed by atoms with van der Waals surface area (Å²) in [7, 11) is 0. The number of aliphatic hydroxyl groups excluding tert-OH is 2. The van der Waals surface area contributed by atoms with Crippen molar-refractivity contribution in [2.24, 2.45) is 0 Å². The highest BCUT2D eigenvalue weighted by Crippen LogP contribution is 2.14. The fourth-order valence-electron chi connectivity index (χ4n) is 6.35. The lowest BCUT2D eigenvalue weighted by Crippen LogP contribution is -2.45. The molecule has 0 spiro atoms. The first kappa shape index (κ1) is 50.8. The number of esters is 1. The molecule has 6 heteroatoms. The smallest absolute Gasteiger partial charge is 0.305 e. The van der Waals surface area contributed by atoms with Crippen LogP contribution in [-0.2, 0) is 14.3 Å². The van der Waals surface area contributed by atoms with Crippen LogP contribution in [0.25, 0.3) is 0 Å². The van der Waals surface area contributed by atoms with Crippen LogP contribution in [0.5, 0.6) is 0 Å². The van der Waals surface area contributed by atoms with E-state index < -0.39 is 12.1 Å². The van der Waals surface area contributed by atoms with Gasteiger partial charge in [0.25, 0.3) is 0 Å².